The van der Waals surface area contributed by atoms with Gasteiger partial charge in [-0.05, 0) is 11.6 Å². The monoisotopic (exact) mass is 411 g/mol. The van der Waals surface area contributed by atoms with Crippen LogP contribution in [0.3, 0.4) is 0 Å². The van der Waals surface area contributed by atoms with E-state index in [-0.39, 0.29) is 12.3 Å². The van der Waals surface area contributed by atoms with Crippen LogP contribution in [-0.4, -0.2) is 18.0 Å². The molecule has 0 amide bonds. The topological polar surface area (TPSA) is 71.7 Å². The Morgan fingerprint density at radius 1 is 0.968 bits per heavy atom. The fourth-order valence-corrected chi connectivity index (χ4v) is 4.43. The molecule has 1 N–H and O–H groups in total. The van der Waals surface area contributed by atoms with Gasteiger partial charge in [0.1, 0.15) is 5.76 Å². The standard InChI is InChI=1S/C26H21NO4/c1-29-22-14-8-13-19-24(22)31-26(25(19)28)15-20(17-9-4-2-5-10-17)21(16-27)23(30-26)18-11-6-3-7-12-18/h2-14,20,25,28H,15H2,1H3/t20-,25-,26-/m0/s1. The van der Waals surface area contributed by atoms with Crippen LogP contribution in [0.25, 0.3) is 5.76 Å². The Balaban J connectivity index is 1.69. The number of aliphatic hydroxyl groups is 1. The van der Waals surface area contributed by atoms with Crippen molar-refractivity contribution in [3.05, 3.63) is 101 Å². The van der Waals surface area contributed by atoms with Gasteiger partial charge < -0.3 is 19.3 Å². The molecule has 2 heterocycles. The van der Waals surface area contributed by atoms with Crippen LogP contribution in [0, 0.1) is 11.3 Å². The van der Waals surface area contributed by atoms with E-state index in [9.17, 15) is 10.4 Å². The second kappa shape index (κ2) is 7.50. The zero-order valence-corrected chi connectivity index (χ0v) is 17.0. The quantitative estimate of drug-likeness (QED) is 0.660. The summed E-state index contributed by atoms with van der Waals surface area (Å²) in [5.41, 5.74) is 2.85. The summed E-state index contributed by atoms with van der Waals surface area (Å²) in [6.07, 6.45) is -0.752. The molecule has 0 radical (unpaired) electrons. The first-order valence-corrected chi connectivity index (χ1v) is 10.1. The molecule has 2 aliphatic heterocycles. The molecule has 0 aliphatic carbocycles. The van der Waals surface area contributed by atoms with Crippen molar-refractivity contribution < 1.29 is 19.3 Å². The van der Waals surface area contributed by atoms with E-state index in [4.69, 9.17) is 14.2 Å². The number of aliphatic hydroxyl groups excluding tert-OH is 1. The number of nitriles is 1. The number of ether oxygens (including phenoxy) is 3. The minimum atomic E-state index is -1.37. The van der Waals surface area contributed by atoms with E-state index >= 15 is 0 Å². The van der Waals surface area contributed by atoms with Crippen molar-refractivity contribution >= 4 is 5.76 Å². The molecular formula is C26H21NO4. The molecule has 0 saturated carbocycles. The molecule has 0 saturated heterocycles. The molecule has 1 spiro atoms. The Morgan fingerprint density at radius 3 is 2.35 bits per heavy atom. The van der Waals surface area contributed by atoms with Gasteiger partial charge in [0.2, 0.25) is 0 Å². The Hall–Kier alpha value is -3.75. The van der Waals surface area contributed by atoms with Gasteiger partial charge in [-0.3, -0.25) is 0 Å². The molecule has 3 atom stereocenters. The molecule has 3 aromatic carbocycles. The SMILES string of the molecule is COc1cccc2c1O[C@@]1(C[C@@H](c3ccccc3)C(C#N)=C(c3ccccc3)O1)[C@H]2O. The van der Waals surface area contributed by atoms with Gasteiger partial charge in [0.25, 0.3) is 5.79 Å². The second-order valence-electron chi connectivity index (χ2n) is 7.69. The maximum absolute atomic E-state index is 11.4. The van der Waals surface area contributed by atoms with E-state index in [2.05, 4.69) is 6.07 Å². The van der Waals surface area contributed by atoms with Crippen LogP contribution >= 0.6 is 0 Å². The minimum absolute atomic E-state index is 0.287. The minimum Gasteiger partial charge on any atom is -0.493 e. The first-order valence-electron chi connectivity index (χ1n) is 10.1. The summed E-state index contributed by atoms with van der Waals surface area (Å²) < 4.78 is 18.2. The number of nitrogens with zero attached hydrogens (tertiary/aromatic N) is 1. The van der Waals surface area contributed by atoms with Gasteiger partial charge in [-0.2, -0.15) is 5.26 Å². The van der Waals surface area contributed by atoms with E-state index in [0.717, 1.165) is 11.1 Å². The summed E-state index contributed by atoms with van der Waals surface area (Å²) in [4.78, 5) is 0. The average molecular weight is 411 g/mol. The fraction of sp³-hybridized carbons (Fsp3) is 0.192. The van der Waals surface area contributed by atoms with E-state index in [1.54, 1.807) is 13.2 Å². The summed E-state index contributed by atoms with van der Waals surface area (Å²) >= 11 is 0. The number of methoxy groups -OCH3 is 1. The number of hydrogen-bond acceptors (Lipinski definition) is 5. The maximum Gasteiger partial charge on any atom is 0.282 e. The van der Waals surface area contributed by atoms with Gasteiger partial charge in [-0.1, -0.05) is 72.8 Å². The van der Waals surface area contributed by atoms with Crippen LogP contribution in [0.15, 0.2) is 84.4 Å². The first-order chi connectivity index (χ1) is 15.2. The highest BCUT2D eigenvalue weighted by Gasteiger charge is 2.56. The number of benzene rings is 3. The molecule has 0 fully saturated rings. The van der Waals surface area contributed by atoms with Gasteiger partial charge in [-0.25, -0.2) is 0 Å². The molecule has 31 heavy (non-hydrogen) atoms. The van der Waals surface area contributed by atoms with Gasteiger partial charge in [0.15, 0.2) is 17.6 Å². The zero-order chi connectivity index (χ0) is 21.4. The maximum atomic E-state index is 11.4. The Labute approximate surface area is 180 Å². The van der Waals surface area contributed by atoms with Crippen LogP contribution in [-0.2, 0) is 4.74 Å². The Kier molecular flexibility index (Phi) is 4.65. The van der Waals surface area contributed by atoms with Gasteiger partial charge in [0.05, 0.1) is 18.8 Å². The number of fused-ring (bicyclic) bond motifs is 1. The summed E-state index contributed by atoms with van der Waals surface area (Å²) in [5, 5.41) is 21.5. The molecule has 5 heteroatoms. The molecule has 3 aromatic rings. The van der Waals surface area contributed by atoms with Gasteiger partial charge in [0, 0.05) is 23.5 Å². The Bertz CT molecular complexity index is 1180. The third-order valence-electron chi connectivity index (χ3n) is 5.93. The Morgan fingerprint density at radius 2 is 1.68 bits per heavy atom. The largest absolute Gasteiger partial charge is 0.493 e. The molecule has 0 unspecified atom stereocenters. The summed E-state index contributed by atoms with van der Waals surface area (Å²) in [6, 6.07) is 27.0. The lowest BCUT2D eigenvalue weighted by Crippen LogP contribution is -2.45. The van der Waals surface area contributed by atoms with E-state index < -0.39 is 11.9 Å². The van der Waals surface area contributed by atoms with Crippen molar-refractivity contribution in [3.8, 4) is 17.6 Å². The van der Waals surface area contributed by atoms with Crippen LogP contribution in [0.4, 0.5) is 0 Å². The predicted molar refractivity (Wildman–Crippen MR) is 115 cm³/mol. The molecule has 0 aromatic heterocycles. The van der Waals surface area contributed by atoms with E-state index in [1.165, 1.54) is 0 Å². The van der Waals surface area contributed by atoms with Crippen molar-refractivity contribution in [1.82, 2.24) is 0 Å². The van der Waals surface area contributed by atoms with Crippen molar-refractivity contribution in [3.63, 3.8) is 0 Å². The highest BCUT2D eigenvalue weighted by atomic mass is 16.7. The lowest BCUT2D eigenvalue weighted by Gasteiger charge is -2.40. The normalized spacial score (nSPS) is 24.2. The van der Waals surface area contributed by atoms with Crippen molar-refractivity contribution in [1.29, 1.82) is 5.26 Å². The van der Waals surface area contributed by atoms with Crippen LogP contribution in [0.2, 0.25) is 0 Å². The van der Waals surface area contributed by atoms with Gasteiger partial charge >= 0.3 is 0 Å². The smallest absolute Gasteiger partial charge is 0.282 e. The van der Waals surface area contributed by atoms with Crippen LogP contribution in [0.5, 0.6) is 11.5 Å². The van der Waals surface area contributed by atoms with Crippen molar-refractivity contribution in [2.45, 2.75) is 24.2 Å². The van der Waals surface area contributed by atoms with E-state index in [0.29, 0.717) is 28.4 Å². The van der Waals surface area contributed by atoms with Crippen molar-refractivity contribution in [2.24, 2.45) is 0 Å². The third kappa shape index (κ3) is 3.04. The third-order valence-corrected chi connectivity index (χ3v) is 5.93. The second-order valence-corrected chi connectivity index (χ2v) is 7.69. The molecule has 154 valence electrons. The number of allylic oxidation sites excluding steroid dienone is 1. The molecular weight excluding hydrogens is 390 g/mol. The summed E-state index contributed by atoms with van der Waals surface area (Å²) in [5.74, 6) is -0.246. The van der Waals surface area contributed by atoms with Crippen LogP contribution < -0.4 is 9.47 Å². The molecule has 2 aliphatic rings. The highest BCUT2D eigenvalue weighted by Crippen LogP contribution is 2.56. The number of rotatable bonds is 3. The summed E-state index contributed by atoms with van der Waals surface area (Å²) in [6.45, 7) is 0. The highest BCUT2D eigenvalue weighted by molar-refractivity contribution is 5.70. The number of para-hydroxylation sites is 1. The number of hydrogen-bond donors (Lipinski definition) is 1. The van der Waals surface area contributed by atoms with Crippen molar-refractivity contribution in [2.75, 3.05) is 7.11 Å². The predicted octanol–water partition coefficient (Wildman–Crippen LogP) is 4.96. The van der Waals surface area contributed by atoms with E-state index in [1.807, 2.05) is 72.8 Å². The molecule has 5 nitrogen and oxygen atoms in total. The zero-order valence-electron chi connectivity index (χ0n) is 17.0. The molecule has 0 bridgehead atoms. The lowest BCUT2D eigenvalue weighted by atomic mass is 9.80. The van der Waals surface area contributed by atoms with Crippen LogP contribution in [0.1, 0.15) is 35.1 Å². The first kappa shape index (κ1) is 19.2. The average Bonchev–Trinajstić information content (AvgIpc) is 3.10. The molecule has 5 rings (SSSR count). The summed E-state index contributed by atoms with van der Waals surface area (Å²) in [7, 11) is 1.56. The lowest BCUT2D eigenvalue weighted by molar-refractivity contribution is -0.197. The fourth-order valence-electron chi connectivity index (χ4n) is 4.43. The van der Waals surface area contributed by atoms with Gasteiger partial charge in [-0.15, -0.1) is 0 Å².